The zero-order valence-corrected chi connectivity index (χ0v) is 18.2. The molecule has 0 aromatic rings. The maximum absolute atomic E-state index is 11.6. The average molecular weight is 377 g/mol. The number of rotatable bonds is 4. The van der Waals surface area contributed by atoms with Crippen LogP contribution in [0.15, 0.2) is 0 Å². The topological polar surface area (TPSA) is 40.5 Å². The van der Waals surface area contributed by atoms with Crippen LogP contribution in [0.3, 0.4) is 0 Å². The molecule has 156 valence electrons. The molecular weight excluding hydrogens is 332 g/mol. The summed E-state index contributed by atoms with van der Waals surface area (Å²) in [5, 5.41) is 21.9. The molecule has 4 rings (SSSR count). The van der Waals surface area contributed by atoms with Gasteiger partial charge in [-0.3, -0.25) is 0 Å². The molecule has 4 aliphatic rings. The third-order valence-electron chi connectivity index (χ3n) is 10.2. The van der Waals surface area contributed by atoms with Crippen molar-refractivity contribution < 1.29 is 10.2 Å². The van der Waals surface area contributed by atoms with Crippen LogP contribution in [-0.2, 0) is 0 Å². The molecule has 0 radical (unpaired) electrons. The van der Waals surface area contributed by atoms with Gasteiger partial charge in [0.1, 0.15) is 0 Å². The largest absolute Gasteiger partial charge is 0.393 e. The van der Waals surface area contributed by atoms with Gasteiger partial charge in [-0.15, -0.1) is 0 Å². The summed E-state index contributed by atoms with van der Waals surface area (Å²) in [4.78, 5) is 0. The third kappa shape index (κ3) is 3.12. The first-order valence-corrected chi connectivity index (χ1v) is 12.3. The van der Waals surface area contributed by atoms with Crippen LogP contribution in [0.1, 0.15) is 91.9 Å². The SMILES string of the molecule is CCC[C@@H](C)[C@H]1CCC2C3C(CC[C@@]21C)[C@H]1CC[C@H](O)C[C@H]1[C@@H](CC)[C@H]3O. The van der Waals surface area contributed by atoms with Crippen LogP contribution < -0.4 is 0 Å². The first-order valence-electron chi connectivity index (χ1n) is 12.3. The highest BCUT2D eigenvalue weighted by Crippen LogP contribution is 2.66. The minimum absolute atomic E-state index is 0.122. The smallest absolute Gasteiger partial charge is 0.0604 e. The molecule has 0 aliphatic heterocycles. The molecule has 27 heavy (non-hydrogen) atoms. The highest BCUT2D eigenvalue weighted by Gasteiger charge is 2.61. The van der Waals surface area contributed by atoms with Gasteiger partial charge in [0.15, 0.2) is 0 Å². The van der Waals surface area contributed by atoms with Gasteiger partial charge in [0.05, 0.1) is 12.2 Å². The van der Waals surface area contributed by atoms with E-state index in [1.165, 1.54) is 44.9 Å². The van der Waals surface area contributed by atoms with Gasteiger partial charge < -0.3 is 10.2 Å². The van der Waals surface area contributed by atoms with E-state index < -0.39 is 0 Å². The Morgan fingerprint density at radius 2 is 1.74 bits per heavy atom. The Morgan fingerprint density at radius 3 is 2.44 bits per heavy atom. The molecule has 11 atom stereocenters. The van der Waals surface area contributed by atoms with Crippen molar-refractivity contribution in [3.8, 4) is 0 Å². The van der Waals surface area contributed by atoms with Gasteiger partial charge in [-0.05, 0) is 97.7 Å². The summed E-state index contributed by atoms with van der Waals surface area (Å²) in [5.74, 6) is 5.43. The van der Waals surface area contributed by atoms with E-state index in [-0.39, 0.29) is 12.2 Å². The molecule has 2 nitrogen and oxygen atoms in total. The summed E-state index contributed by atoms with van der Waals surface area (Å²) in [6, 6.07) is 0. The summed E-state index contributed by atoms with van der Waals surface area (Å²) in [6.45, 7) is 9.70. The fourth-order valence-corrected chi connectivity index (χ4v) is 9.16. The normalized spacial score (nSPS) is 53.3. The van der Waals surface area contributed by atoms with Gasteiger partial charge in [0.25, 0.3) is 0 Å². The van der Waals surface area contributed by atoms with Crippen molar-refractivity contribution in [1.29, 1.82) is 0 Å². The highest BCUT2D eigenvalue weighted by atomic mass is 16.3. The Kier molecular flexibility index (Phi) is 5.71. The van der Waals surface area contributed by atoms with Gasteiger partial charge in [0, 0.05) is 0 Å². The Hall–Kier alpha value is -0.0800. The molecule has 2 heteroatoms. The summed E-state index contributed by atoms with van der Waals surface area (Å²) in [7, 11) is 0. The molecule has 2 N–H and O–H groups in total. The summed E-state index contributed by atoms with van der Waals surface area (Å²) >= 11 is 0. The molecule has 0 bridgehead atoms. The van der Waals surface area contributed by atoms with Gasteiger partial charge in [0.2, 0.25) is 0 Å². The molecule has 0 aromatic heterocycles. The van der Waals surface area contributed by atoms with Crippen molar-refractivity contribution in [1.82, 2.24) is 0 Å². The highest BCUT2D eigenvalue weighted by molar-refractivity contribution is 5.10. The third-order valence-corrected chi connectivity index (χ3v) is 10.2. The zero-order chi connectivity index (χ0) is 19.3. The first kappa shape index (κ1) is 20.2. The fourth-order valence-electron chi connectivity index (χ4n) is 9.16. The van der Waals surface area contributed by atoms with Crippen LogP contribution in [0.25, 0.3) is 0 Å². The van der Waals surface area contributed by atoms with Gasteiger partial charge in [-0.25, -0.2) is 0 Å². The Morgan fingerprint density at radius 1 is 0.963 bits per heavy atom. The molecule has 0 amide bonds. The molecule has 0 heterocycles. The van der Waals surface area contributed by atoms with Crippen LogP contribution in [0, 0.1) is 52.8 Å². The lowest BCUT2D eigenvalue weighted by molar-refractivity contribution is -0.167. The van der Waals surface area contributed by atoms with E-state index >= 15 is 0 Å². The van der Waals surface area contributed by atoms with Crippen molar-refractivity contribution in [3.05, 3.63) is 0 Å². The monoisotopic (exact) mass is 376 g/mol. The van der Waals surface area contributed by atoms with E-state index in [1.807, 2.05) is 0 Å². The molecule has 0 saturated heterocycles. The summed E-state index contributed by atoms with van der Waals surface area (Å²) in [5.41, 5.74) is 0.454. The average Bonchev–Trinajstić information content (AvgIpc) is 2.99. The van der Waals surface area contributed by atoms with Crippen molar-refractivity contribution in [2.45, 2.75) is 104 Å². The van der Waals surface area contributed by atoms with Crippen molar-refractivity contribution in [2.24, 2.45) is 52.8 Å². The number of hydrogen-bond donors (Lipinski definition) is 2. The molecule has 4 aliphatic carbocycles. The van der Waals surface area contributed by atoms with Gasteiger partial charge >= 0.3 is 0 Å². The maximum atomic E-state index is 11.6. The quantitative estimate of drug-likeness (QED) is 0.664. The predicted molar refractivity (Wildman–Crippen MR) is 111 cm³/mol. The molecule has 0 spiro atoms. The second-order valence-electron chi connectivity index (χ2n) is 11.2. The van der Waals surface area contributed by atoms with E-state index in [2.05, 4.69) is 27.7 Å². The number of fused-ring (bicyclic) bond motifs is 5. The lowest BCUT2D eigenvalue weighted by Gasteiger charge is -2.60. The van der Waals surface area contributed by atoms with Crippen LogP contribution in [0.2, 0.25) is 0 Å². The van der Waals surface area contributed by atoms with Crippen LogP contribution in [0.5, 0.6) is 0 Å². The van der Waals surface area contributed by atoms with Crippen LogP contribution >= 0.6 is 0 Å². The van der Waals surface area contributed by atoms with Crippen molar-refractivity contribution in [2.75, 3.05) is 0 Å². The van der Waals surface area contributed by atoms with E-state index in [0.717, 1.165) is 48.9 Å². The molecule has 4 fully saturated rings. The standard InChI is InChI=1S/C25H44O2/c1-5-7-15(3)21-10-11-22-23-19(12-13-25(21,22)4)18-9-8-16(26)14-20(18)17(6-2)24(23)27/h15-24,26-27H,5-14H2,1-4H3/t15-,16+,17-,18-,19?,20+,21-,22?,23?,24-,25-/m1/s1. The molecular formula is C25H44O2. The fraction of sp³-hybridized carbons (Fsp3) is 1.00. The number of hydrogen-bond acceptors (Lipinski definition) is 2. The Bertz CT molecular complexity index is 518. The van der Waals surface area contributed by atoms with Crippen LogP contribution in [-0.4, -0.2) is 22.4 Å². The van der Waals surface area contributed by atoms with Crippen LogP contribution in [0.4, 0.5) is 0 Å². The lowest BCUT2D eigenvalue weighted by atomic mass is 9.46. The summed E-state index contributed by atoms with van der Waals surface area (Å²) < 4.78 is 0. The summed E-state index contributed by atoms with van der Waals surface area (Å²) in [6.07, 6.45) is 12.1. The lowest BCUT2D eigenvalue weighted by Crippen LogP contribution is -2.58. The minimum atomic E-state index is -0.128. The van der Waals surface area contributed by atoms with E-state index in [4.69, 9.17) is 0 Å². The molecule has 0 aromatic carbocycles. The van der Waals surface area contributed by atoms with Crippen molar-refractivity contribution in [3.63, 3.8) is 0 Å². The maximum Gasteiger partial charge on any atom is 0.0604 e. The second-order valence-corrected chi connectivity index (χ2v) is 11.2. The number of aliphatic hydroxyl groups is 2. The molecule has 3 unspecified atom stereocenters. The Balaban J connectivity index is 1.62. The minimum Gasteiger partial charge on any atom is -0.393 e. The van der Waals surface area contributed by atoms with Gasteiger partial charge in [-0.2, -0.15) is 0 Å². The Labute approximate surface area is 167 Å². The van der Waals surface area contributed by atoms with Gasteiger partial charge in [-0.1, -0.05) is 47.0 Å². The molecule has 4 saturated carbocycles. The van der Waals surface area contributed by atoms with Crippen molar-refractivity contribution >= 4 is 0 Å². The first-order chi connectivity index (χ1) is 12.9. The van der Waals surface area contributed by atoms with E-state index in [0.29, 0.717) is 23.2 Å². The van der Waals surface area contributed by atoms with E-state index in [9.17, 15) is 10.2 Å². The van der Waals surface area contributed by atoms with E-state index in [1.54, 1.807) is 0 Å². The predicted octanol–water partition coefficient (Wildman–Crippen LogP) is 5.66. The number of aliphatic hydroxyl groups excluding tert-OH is 2. The zero-order valence-electron chi connectivity index (χ0n) is 18.2. The second kappa shape index (κ2) is 7.63.